The van der Waals surface area contributed by atoms with Crippen LogP contribution in [0.1, 0.15) is 11.1 Å². The Labute approximate surface area is 142 Å². The summed E-state index contributed by atoms with van der Waals surface area (Å²) >= 11 is 0. The summed E-state index contributed by atoms with van der Waals surface area (Å²) in [6.07, 6.45) is 4.42. The molecular weight excluding hydrogens is 302 g/mol. The van der Waals surface area contributed by atoms with Crippen molar-refractivity contribution in [2.75, 3.05) is 20.3 Å². The van der Waals surface area contributed by atoms with Gasteiger partial charge in [0.25, 0.3) is 0 Å². The number of ether oxygens (including phenoxy) is 2. The first-order valence-electron chi connectivity index (χ1n) is 7.88. The monoisotopic (exact) mass is 325 g/mol. The summed E-state index contributed by atoms with van der Waals surface area (Å²) in [4.78, 5) is 7.85. The van der Waals surface area contributed by atoms with E-state index in [9.17, 15) is 0 Å². The maximum atomic E-state index is 5.79. The second-order valence-corrected chi connectivity index (χ2v) is 5.16. The predicted molar refractivity (Wildman–Crippen MR) is 98.4 cm³/mol. The summed E-state index contributed by atoms with van der Waals surface area (Å²) in [7, 11) is 1.67. The number of hydrogen-bond acceptors (Lipinski definition) is 3. The lowest BCUT2D eigenvalue weighted by Crippen LogP contribution is -2.01. The molecule has 0 atom stereocenters. The van der Waals surface area contributed by atoms with Gasteiger partial charge in [-0.05, 0) is 41.8 Å². The first kappa shape index (κ1) is 17.5. The third kappa shape index (κ3) is 6.12. The van der Waals surface area contributed by atoms with Crippen LogP contribution in [0, 0.1) is 0 Å². The molecule has 5 heteroatoms. The van der Waals surface area contributed by atoms with Gasteiger partial charge in [-0.1, -0.05) is 24.3 Å². The van der Waals surface area contributed by atoms with Crippen molar-refractivity contribution in [1.82, 2.24) is 0 Å². The average Bonchev–Trinajstić information content (AvgIpc) is 2.63. The Morgan fingerprint density at radius 3 is 2.17 bits per heavy atom. The highest BCUT2D eigenvalue weighted by Crippen LogP contribution is 2.15. The minimum atomic E-state index is 0.646. The maximum absolute atomic E-state index is 5.79. The molecule has 0 aliphatic heterocycles. The van der Waals surface area contributed by atoms with Crippen molar-refractivity contribution in [2.45, 2.75) is 12.8 Å². The Hall–Kier alpha value is -2.82. The molecule has 2 rings (SSSR count). The van der Waals surface area contributed by atoms with Crippen molar-refractivity contribution < 1.29 is 9.47 Å². The van der Waals surface area contributed by atoms with E-state index in [0.29, 0.717) is 13.2 Å². The van der Waals surface area contributed by atoms with E-state index in [1.54, 1.807) is 7.11 Å². The topological polar surface area (TPSA) is 69.2 Å². The fraction of sp³-hybridized carbons (Fsp3) is 0.263. The van der Waals surface area contributed by atoms with Crippen LogP contribution in [0.2, 0.25) is 0 Å². The zero-order chi connectivity index (χ0) is 17.0. The Morgan fingerprint density at radius 2 is 1.54 bits per heavy atom. The van der Waals surface area contributed by atoms with Crippen molar-refractivity contribution in [3.05, 3.63) is 59.7 Å². The van der Waals surface area contributed by atoms with Crippen LogP contribution in [0.3, 0.4) is 0 Å². The van der Waals surface area contributed by atoms with E-state index in [1.165, 1.54) is 23.8 Å². The fourth-order valence-corrected chi connectivity index (χ4v) is 2.17. The number of aliphatic imine (C=N–C) groups is 2. The lowest BCUT2D eigenvalue weighted by Gasteiger charge is -2.08. The van der Waals surface area contributed by atoms with Crippen LogP contribution in [0.5, 0.6) is 11.5 Å². The van der Waals surface area contributed by atoms with Gasteiger partial charge in [0.1, 0.15) is 17.8 Å². The van der Waals surface area contributed by atoms with Crippen LogP contribution in [-0.4, -0.2) is 32.9 Å². The number of rotatable bonds is 9. The molecule has 0 saturated heterocycles. The smallest absolute Gasteiger partial charge is 0.119 e. The molecule has 2 aromatic rings. The van der Waals surface area contributed by atoms with E-state index < -0.39 is 0 Å². The molecule has 0 heterocycles. The molecule has 0 aliphatic rings. The molecule has 2 aromatic carbocycles. The Kier molecular flexibility index (Phi) is 7.34. The van der Waals surface area contributed by atoms with E-state index in [0.717, 1.165) is 24.3 Å². The Bertz CT molecular complexity index is 649. The van der Waals surface area contributed by atoms with Crippen molar-refractivity contribution >= 4 is 12.7 Å². The van der Waals surface area contributed by atoms with Crippen molar-refractivity contribution in [3.63, 3.8) is 0 Å². The van der Waals surface area contributed by atoms with Gasteiger partial charge < -0.3 is 15.2 Å². The summed E-state index contributed by atoms with van der Waals surface area (Å²) in [6, 6.07) is 16.1. The summed E-state index contributed by atoms with van der Waals surface area (Å²) in [5.41, 5.74) is 7.57. The molecule has 0 spiro atoms. The summed E-state index contributed by atoms with van der Waals surface area (Å²) in [5, 5.41) is 0. The van der Waals surface area contributed by atoms with E-state index in [2.05, 4.69) is 34.3 Å². The molecule has 2 N–H and O–H groups in total. The molecular formula is C19H23N3O2. The largest absolute Gasteiger partial charge is 0.497 e. The minimum absolute atomic E-state index is 0.646. The molecule has 24 heavy (non-hydrogen) atoms. The molecule has 0 aliphatic carbocycles. The van der Waals surface area contributed by atoms with Crippen LogP contribution in [-0.2, 0) is 12.8 Å². The van der Waals surface area contributed by atoms with Crippen molar-refractivity contribution in [3.8, 4) is 11.5 Å². The standard InChI is InChI=1S/C19H23N3O2/c1-23-18-6-2-17(3-7-18)11-13-24-19-8-4-16(5-9-19)10-12-21-15-22-14-20/h2-9,14-15H,10-13H2,1H3,(H2,20,21,22). The predicted octanol–water partition coefficient (Wildman–Crippen LogP) is 2.87. The molecule has 0 amide bonds. The van der Waals surface area contributed by atoms with E-state index in [-0.39, 0.29) is 0 Å². The number of hydrogen-bond donors (Lipinski definition) is 1. The molecule has 0 unspecified atom stereocenters. The van der Waals surface area contributed by atoms with Crippen molar-refractivity contribution in [2.24, 2.45) is 15.7 Å². The van der Waals surface area contributed by atoms with Crippen LogP contribution in [0.4, 0.5) is 0 Å². The van der Waals surface area contributed by atoms with Gasteiger partial charge in [-0.25, -0.2) is 4.99 Å². The van der Waals surface area contributed by atoms with E-state index in [4.69, 9.17) is 15.2 Å². The van der Waals surface area contributed by atoms with Gasteiger partial charge in [-0.2, -0.15) is 0 Å². The van der Waals surface area contributed by atoms with Gasteiger partial charge >= 0.3 is 0 Å². The van der Waals surface area contributed by atoms with Gasteiger partial charge in [0.2, 0.25) is 0 Å². The third-order valence-corrected chi connectivity index (χ3v) is 3.51. The first-order chi connectivity index (χ1) is 11.8. The molecule has 0 aromatic heterocycles. The highest BCUT2D eigenvalue weighted by molar-refractivity contribution is 5.69. The Morgan fingerprint density at radius 1 is 0.917 bits per heavy atom. The summed E-state index contributed by atoms with van der Waals surface area (Å²) in [5.74, 6) is 1.75. The molecule has 0 fully saturated rings. The molecule has 5 nitrogen and oxygen atoms in total. The van der Waals surface area contributed by atoms with E-state index in [1.807, 2.05) is 24.3 Å². The van der Waals surface area contributed by atoms with Gasteiger partial charge in [0, 0.05) is 13.0 Å². The van der Waals surface area contributed by atoms with Crippen LogP contribution in [0.15, 0.2) is 58.5 Å². The number of benzene rings is 2. The number of nitrogens with two attached hydrogens (primary N) is 1. The maximum Gasteiger partial charge on any atom is 0.119 e. The SMILES string of the molecule is COc1ccc(CCOc2ccc(CCN=CN=CN)cc2)cc1. The second-order valence-electron chi connectivity index (χ2n) is 5.16. The molecule has 0 radical (unpaired) electrons. The van der Waals surface area contributed by atoms with Crippen LogP contribution < -0.4 is 15.2 Å². The van der Waals surface area contributed by atoms with Gasteiger partial charge in [0.05, 0.1) is 20.1 Å². The average molecular weight is 325 g/mol. The first-order valence-corrected chi connectivity index (χ1v) is 7.88. The highest BCUT2D eigenvalue weighted by atomic mass is 16.5. The fourth-order valence-electron chi connectivity index (χ4n) is 2.17. The quantitative estimate of drug-likeness (QED) is 0.569. The third-order valence-electron chi connectivity index (χ3n) is 3.51. The van der Waals surface area contributed by atoms with Crippen molar-refractivity contribution in [1.29, 1.82) is 0 Å². The Balaban J connectivity index is 1.72. The van der Waals surface area contributed by atoms with Gasteiger partial charge in [0.15, 0.2) is 0 Å². The number of nitrogens with zero attached hydrogens (tertiary/aromatic N) is 2. The minimum Gasteiger partial charge on any atom is -0.497 e. The highest BCUT2D eigenvalue weighted by Gasteiger charge is 1.98. The molecule has 126 valence electrons. The lowest BCUT2D eigenvalue weighted by molar-refractivity contribution is 0.322. The van der Waals surface area contributed by atoms with Gasteiger partial charge in [-0.15, -0.1) is 0 Å². The zero-order valence-corrected chi connectivity index (χ0v) is 13.9. The summed E-state index contributed by atoms with van der Waals surface area (Å²) in [6.45, 7) is 1.34. The molecule has 0 saturated carbocycles. The number of methoxy groups -OCH3 is 1. The van der Waals surface area contributed by atoms with E-state index >= 15 is 0 Å². The normalized spacial score (nSPS) is 11.2. The zero-order valence-electron chi connectivity index (χ0n) is 13.9. The summed E-state index contributed by atoms with van der Waals surface area (Å²) < 4.78 is 10.9. The molecule has 0 bridgehead atoms. The van der Waals surface area contributed by atoms with Gasteiger partial charge in [-0.3, -0.25) is 4.99 Å². The second kappa shape index (κ2) is 10.0. The van der Waals surface area contributed by atoms with Crippen LogP contribution >= 0.6 is 0 Å². The van der Waals surface area contributed by atoms with Crippen LogP contribution in [0.25, 0.3) is 0 Å². The lowest BCUT2D eigenvalue weighted by atomic mass is 10.1.